The summed E-state index contributed by atoms with van der Waals surface area (Å²) in [6, 6.07) is 0. The van der Waals surface area contributed by atoms with Gasteiger partial charge in [0.1, 0.15) is 12.0 Å². The zero-order chi connectivity index (χ0) is 14.5. The molecule has 0 radical (unpaired) electrons. The van der Waals surface area contributed by atoms with Gasteiger partial charge in [-0.15, -0.1) is 0 Å². The number of rotatable bonds is 7. The minimum absolute atomic E-state index is 0.00196. The molecule has 1 amide bonds. The number of anilines is 2. The fourth-order valence-corrected chi connectivity index (χ4v) is 1.69. The van der Waals surface area contributed by atoms with E-state index in [0.29, 0.717) is 30.5 Å². The van der Waals surface area contributed by atoms with E-state index in [2.05, 4.69) is 20.6 Å². The molecule has 1 aromatic rings. The lowest BCUT2D eigenvalue weighted by atomic mass is 10.4. The minimum atomic E-state index is -0.00196. The summed E-state index contributed by atoms with van der Waals surface area (Å²) in [4.78, 5) is 19.5. The number of hydrogen-bond acceptors (Lipinski definition) is 6. The first-order valence-corrected chi connectivity index (χ1v) is 6.86. The number of nitrogens with one attached hydrogen (secondary N) is 2. The van der Waals surface area contributed by atoms with E-state index in [1.807, 2.05) is 13.8 Å². The molecule has 0 saturated heterocycles. The number of carbonyl (C=O) groups excluding carboxylic acids is 1. The average Bonchev–Trinajstić information content (AvgIpc) is 3.22. The summed E-state index contributed by atoms with van der Waals surface area (Å²) in [5, 5.41) is 5.93. The predicted molar refractivity (Wildman–Crippen MR) is 76.4 cm³/mol. The van der Waals surface area contributed by atoms with Gasteiger partial charge in [0.15, 0.2) is 5.82 Å². The van der Waals surface area contributed by atoms with E-state index in [4.69, 9.17) is 10.5 Å². The van der Waals surface area contributed by atoms with Gasteiger partial charge in [-0.25, -0.2) is 4.98 Å². The Morgan fingerprint density at radius 2 is 2.20 bits per heavy atom. The van der Waals surface area contributed by atoms with E-state index < -0.39 is 0 Å². The third-order valence-corrected chi connectivity index (χ3v) is 2.86. The number of nitrogens with zero attached hydrogens (tertiary/aromatic N) is 2. The molecule has 110 valence electrons. The van der Waals surface area contributed by atoms with Crippen LogP contribution in [0.5, 0.6) is 5.88 Å². The van der Waals surface area contributed by atoms with Gasteiger partial charge in [-0.3, -0.25) is 4.79 Å². The summed E-state index contributed by atoms with van der Waals surface area (Å²) in [7, 11) is 0. The molecule has 1 heterocycles. The van der Waals surface area contributed by atoms with E-state index in [-0.39, 0.29) is 17.9 Å². The maximum atomic E-state index is 11.4. The van der Waals surface area contributed by atoms with E-state index in [9.17, 15) is 4.79 Å². The van der Waals surface area contributed by atoms with Crippen molar-refractivity contribution in [1.29, 1.82) is 0 Å². The second kappa shape index (κ2) is 6.40. The van der Waals surface area contributed by atoms with Gasteiger partial charge in [-0.1, -0.05) is 0 Å². The van der Waals surface area contributed by atoms with E-state index in [1.165, 1.54) is 6.33 Å². The van der Waals surface area contributed by atoms with Crippen molar-refractivity contribution in [2.75, 3.05) is 24.1 Å². The lowest BCUT2D eigenvalue weighted by Gasteiger charge is -2.13. The van der Waals surface area contributed by atoms with Crippen LogP contribution in [0.15, 0.2) is 6.33 Å². The SMILES string of the molecule is CC(C)Oc1ncnc(NCCNC(=O)C2CC2)c1N. The van der Waals surface area contributed by atoms with Crippen molar-refractivity contribution >= 4 is 17.4 Å². The second-order valence-corrected chi connectivity index (χ2v) is 5.10. The first-order valence-electron chi connectivity index (χ1n) is 6.86. The molecule has 1 aliphatic carbocycles. The van der Waals surface area contributed by atoms with Gasteiger partial charge in [0.05, 0.1) is 6.10 Å². The quantitative estimate of drug-likeness (QED) is 0.638. The summed E-state index contributed by atoms with van der Waals surface area (Å²) >= 11 is 0. The molecule has 1 aromatic heterocycles. The Morgan fingerprint density at radius 3 is 2.85 bits per heavy atom. The topological polar surface area (TPSA) is 102 Å². The fraction of sp³-hybridized carbons (Fsp3) is 0.615. The summed E-state index contributed by atoms with van der Waals surface area (Å²) in [6.07, 6.45) is 3.42. The van der Waals surface area contributed by atoms with Crippen LogP contribution in [-0.4, -0.2) is 35.1 Å². The first-order chi connectivity index (χ1) is 9.58. The molecule has 7 heteroatoms. The summed E-state index contributed by atoms with van der Waals surface area (Å²) < 4.78 is 5.48. The smallest absolute Gasteiger partial charge is 0.242 e. The lowest BCUT2D eigenvalue weighted by molar-refractivity contribution is -0.122. The van der Waals surface area contributed by atoms with Crippen molar-refractivity contribution in [3.05, 3.63) is 6.33 Å². The Balaban J connectivity index is 1.81. The average molecular weight is 279 g/mol. The number of nitrogens with two attached hydrogens (primary N) is 1. The molecular formula is C13H21N5O2. The molecule has 4 N–H and O–H groups in total. The standard InChI is InChI=1S/C13H21N5O2/c1-8(2)20-13-10(14)11(17-7-18-13)15-5-6-16-12(19)9-3-4-9/h7-9H,3-6,14H2,1-2H3,(H,16,19)(H,15,17,18). The van der Waals surface area contributed by atoms with Crippen LogP contribution in [0.1, 0.15) is 26.7 Å². The highest BCUT2D eigenvalue weighted by Gasteiger charge is 2.28. The highest BCUT2D eigenvalue weighted by atomic mass is 16.5. The molecule has 1 saturated carbocycles. The zero-order valence-electron chi connectivity index (χ0n) is 11.8. The second-order valence-electron chi connectivity index (χ2n) is 5.10. The molecule has 0 aliphatic heterocycles. The van der Waals surface area contributed by atoms with E-state index in [1.54, 1.807) is 0 Å². The van der Waals surface area contributed by atoms with Crippen molar-refractivity contribution in [2.45, 2.75) is 32.8 Å². The number of nitrogen functional groups attached to an aromatic ring is 1. The zero-order valence-corrected chi connectivity index (χ0v) is 11.8. The number of amides is 1. The highest BCUT2D eigenvalue weighted by Crippen LogP contribution is 2.28. The molecule has 0 atom stereocenters. The van der Waals surface area contributed by atoms with Crippen LogP contribution in [0.3, 0.4) is 0 Å². The number of hydrogen-bond donors (Lipinski definition) is 3. The lowest BCUT2D eigenvalue weighted by Crippen LogP contribution is -2.30. The van der Waals surface area contributed by atoms with E-state index in [0.717, 1.165) is 12.8 Å². The van der Waals surface area contributed by atoms with Crippen molar-refractivity contribution in [1.82, 2.24) is 15.3 Å². The molecule has 0 bridgehead atoms. The molecule has 1 aliphatic rings. The van der Waals surface area contributed by atoms with Crippen molar-refractivity contribution in [3.8, 4) is 5.88 Å². The summed E-state index contributed by atoms with van der Waals surface area (Å²) in [5.74, 6) is 1.26. The molecule has 0 aromatic carbocycles. The molecule has 7 nitrogen and oxygen atoms in total. The first kappa shape index (κ1) is 14.4. The third-order valence-electron chi connectivity index (χ3n) is 2.86. The van der Waals surface area contributed by atoms with Gasteiger partial charge in [0.25, 0.3) is 0 Å². The van der Waals surface area contributed by atoms with Crippen molar-refractivity contribution < 1.29 is 9.53 Å². The molecule has 0 spiro atoms. The molecular weight excluding hydrogens is 258 g/mol. The maximum absolute atomic E-state index is 11.4. The number of aromatic nitrogens is 2. The van der Waals surface area contributed by atoms with Crippen molar-refractivity contribution in [3.63, 3.8) is 0 Å². The van der Waals surface area contributed by atoms with E-state index >= 15 is 0 Å². The number of carbonyl (C=O) groups is 1. The predicted octanol–water partition coefficient (Wildman–Crippen LogP) is 0.784. The summed E-state index contributed by atoms with van der Waals surface area (Å²) in [6.45, 7) is 4.91. The Kier molecular flexibility index (Phi) is 4.60. The van der Waals surface area contributed by atoms with Gasteiger partial charge in [-0.2, -0.15) is 4.98 Å². The van der Waals surface area contributed by atoms with Crippen LogP contribution in [-0.2, 0) is 4.79 Å². The Labute approximate surface area is 118 Å². The van der Waals surface area contributed by atoms with Crippen molar-refractivity contribution in [2.24, 2.45) is 5.92 Å². The molecule has 20 heavy (non-hydrogen) atoms. The molecule has 1 fully saturated rings. The fourth-order valence-electron chi connectivity index (χ4n) is 1.69. The highest BCUT2D eigenvalue weighted by molar-refractivity contribution is 5.80. The largest absolute Gasteiger partial charge is 0.473 e. The Hall–Kier alpha value is -2.05. The van der Waals surface area contributed by atoms with Crippen LogP contribution >= 0.6 is 0 Å². The van der Waals surface area contributed by atoms with Crippen LogP contribution in [0, 0.1) is 5.92 Å². The van der Waals surface area contributed by atoms with Crippen LogP contribution in [0.2, 0.25) is 0 Å². The van der Waals surface area contributed by atoms with Gasteiger partial charge >= 0.3 is 0 Å². The van der Waals surface area contributed by atoms with Crippen LogP contribution in [0.4, 0.5) is 11.5 Å². The van der Waals surface area contributed by atoms with Gasteiger partial charge < -0.3 is 21.1 Å². The summed E-state index contributed by atoms with van der Waals surface area (Å²) in [5.41, 5.74) is 6.32. The third kappa shape index (κ3) is 3.97. The minimum Gasteiger partial charge on any atom is -0.473 e. The Bertz CT molecular complexity index is 474. The Morgan fingerprint density at radius 1 is 1.45 bits per heavy atom. The molecule has 2 rings (SSSR count). The van der Waals surface area contributed by atoms with Gasteiger partial charge in [0, 0.05) is 19.0 Å². The molecule has 0 unspecified atom stereocenters. The normalized spacial score (nSPS) is 14.2. The monoisotopic (exact) mass is 279 g/mol. The van der Waals surface area contributed by atoms with Crippen LogP contribution in [0.25, 0.3) is 0 Å². The maximum Gasteiger partial charge on any atom is 0.242 e. The van der Waals surface area contributed by atoms with Crippen LogP contribution < -0.4 is 21.1 Å². The van der Waals surface area contributed by atoms with Gasteiger partial charge in [0.2, 0.25) is 11.8 Å². The van der Waals surface area contributed by atoms with Gasteiger partial charge in [-0.05, 0) is 26.7 Å². The number of ether oxygens (including phenoxy) is 1.